The SMILES string of the molecule is C=C/C(Cl)=C(C(=O)NCc1cccc(CN(CCc2ncco2)C2CCCc3cccnc32)c1)\C(Cl)=C/N. The third-order valence-electron chi connectivity index (χ3n) is 6.56. The Hall–Kier alpha value is -3.39. The maximum atomic E-state index is 12.8. The van der Waals surface area contributed by atoms with Gasteiger partial charge in [-0.25, -0.2) is 4.98 Å². The van der Waals surface area contributed by atoms with Crippen LogP contribution in [0.5, 0.6) is 0 Å². The van der Waals surface area contributed by atoms with E-state index in [0.29, 0.717) is 13.0 Å². The number of benzene rings is 1. The molecule has 0 fully saturated rings. The molecule has 2 aromatic heterocycles. The van der Waals surface area contributed by atoms with Gasteiger partial charge in [-0.05, 0) is 48.1 Å². The van der Waals surface area contributed by atoms with Gasteiger partial charge in [0.2, 0.25) is 0 Å². The van der Waals surface area contributed by atoms with E-state index in [9.17, 15) is 4.79 Å². The number of allylic oxidation sites excluding steroid dienone is 2. The Balaban J connectivity index is 1.51. The lowest BCUT2D eigenvalue weighted by molar-refractivity contribution is -0.117. The van der Waals surface area contributed by atoms with Crippen LogP contribution in [0.1, 0.15) is 47.2 Å². The highest BCUT2D eigenvalue weighted by atomic mass is 35.5. The third-order valence-corrected chi connectivity index (χ3v) is 7.22. The van der Waals surface area contributed by atoms with Crippen LogP contribution >= 0.6 is 23.2 Å². The number of nitrogens with two attached hydrogens (primary N) is 1. The first kappa shape index (κ1) is 27.6. The van der Waals surface area contributed by atoms with E-state index in [1.54, 1.807) is 12.5 Å². The number of carbonyl (C=O) groups is 1. The molecule has 1 aliphatic rings. The first-order valence-electron chi connectivity index (χ1n) is 12.5. The number of hydrogen-bond acceptors (Lipinski definition) is 6. The minimum Gasteiger partial charge on any atom is -0.449 e. The topological polar surface area (TPSA) is 97.3 Å². The van der Waals surface area contributed by atoms with Crippen molar-refractivity contribution >= 4 is 29.1 Å². The zero-order chi connectivity index (χ0) is 26.9. The number of rotatable bonds is 11. The molecule has 0 bridgehead atoms. The second-order valence-corrected chi connectivity index (χ2v) is 9.86. The van der Waals surface area contributed by atoms with Crippen LogP contribution in [0.4, 0.5) is 0 Å². The van der Waals surface area contributed by atoms with Gasteiger partial charge in [-0.2, -0.15) is 0 Å². The zero-order valence-corrected chi connectivity index (χ0v) is 22.6. The number of halogens is 2. The van der Waals surface area contributed by atoms with Crippen molar-refractivity contribution in [2.45, 2.75) is 44.8 Å². The normalized spacial score (nSPS) is 16.1. The minimum absolute atomic E-state index is 0.0595. The highest BCUT2D eigenvalue weighted by Crippen LogP contribution is 2.34. The molecule has 0 radical (unpaired) electrons. The van der Waals surface area contributed by atoms with Crippen LogP contribution in [0.25, 0.3) is 0 Å². The summed E-state index contributed by atoms with van der Waals surface area (Å²) < 4.78 is 5.50. The molecule has 1 aromatic carbocycles. The van der Waals surface area contributed by atoms with Gasteiger partial charge in [-0.15, -0.1) is 0 Å². The zero-order valence-electron chi connectivity index (χ0n) is 21.1. The van der Waals surface area contributed by atoms with Gasteiger partial charge in [0.1, 0.15) is 6.26 Å². The highest BCUT2D eigenvalue weighted by Gasteiger charge is 2.27. The Morgan fingerprint density at radius 1 is 1.21 bits per heavy atom. The third kappa shape index (κ3) is 6.92. The van der Waals surface area contributed by atoms with Crippen molar-refractivity contribution in [1.29, 1.82) is 0 Å². The Kier molecular flexibility index (Phi) is 9.76. The van der Waals surface area contributed by atoms with E-state index in [2.05, 4.69) is 40.0 Å². The summed E-state index contributed by atoms with van der Waals surface area (Å²) in [5.74, 6) is 0.292. The maximum Gasteiger partial charge on any atom is 0.254 e. The Morgan fingerprint density at radius 3 is 2.82 bits per heavy atom. The lowest BCUT2D eigenvalue weighted by Crippen LogP contribution is -2.33. The molecule has 0 saturated heterocycles. The summed E-state index contributed by atoms with van der Waals surface area (Å²) in [5.41, 5.74) is 10.1. The van der Waals surface area contributed by atoms with Crippen molar-refractivity contribution in [1.82, 2.24) is 20.2 Å². The number of nitrogens with zero attached hydrogens (tertiary/aromatic N) is 3. The standard InChI is InChI=1S/C29H31Cl2N5O2/c1-2-23(30)27(24(31)17-32)29(37)35-18-20-6-3-7-21(16-20)19-36(14-11-26-33-13-15-38-26)25-10-4-8-22-9-5-12-34-28(22)25/h2-3,5-7,9,12-13,15-17,25H,1,4,8,10-11,14,18-19,32H2,(H,35,37)/b24-17+,27-23-. The van der Waals surface area contributed by atoms with Gasteiger partial charge in [-0.3, -0.25) is 14.7 Å². The van der Waals surface area contributed by atoms with Crippen molar-refractivity contribution in [2.24, 2.45) is 5.73 Å². The first-order chi connectivity index (χ1) is 18.5. The molecule has 3 N–H and O–H groups in total. The fourth-order valence-electron chi connectivity index (χ4n) is 4.76. The summed E-state index contributed by atoms with van der Waals surface area (Å²) in [5, 5.41) is 3.07. The lowest BCUT2D eigenvalue weighted by atomic mass is 9.90. The molecule has 1 unspecified atom stereocenters. The molecule has 0 spiro atoms. The summed E-state index contributed by atoms with van der Waals surface area (Å²) in [6.07, 6.45) is 11.6. The number of fused-ring (bicyclic) bond motifs is 1. The predicted octanol–water partition coefficient (Wildman–Crippen LogP) is 5.53. The van der Waals surface area contributed by atoms with Crippen molar-refractivity contribution in [2.75, 3.05) is 6.54 Å². The number of pyridine rings is 1. The molecule has 0 aliphatic heterocycles. The van der Waals surface area contributed by atoms with E-state index in [1.165, 1.54) is 11.6 Å². The van der Waals surface area contributed by atoms with Crippen LogP contribution in [0, 0.1) is 0 Å². The van der Waals surface area contributed by atoms with Gasteiger partial charge in [-0.1, -0.05) is 60.1 Å². The maximum absolute atomic E-state index is 12.8. The lowest BCUT2D eigenvalue weighted by Gasteiger charge is -2.35. The summed E-state index contributed by atoms with van der Waals surface area (Å²) in [4.78, 5) is 24.3. The summed E-state index contributed by atoms with van der Waals surface area (Å²) in [6.45, 7) is 5.41. The molecular formula is C29H31Cl2N5O2. The number of aryl methyl sites for hydroxylation is 1. The van der Waals surface area contributed by atoms with Gasteiger partial charge in [0, 0.05) is 38.5 Å². The van der Waals surface area contributed by atoms with E-state index in [1.807, 2.05) is 24.4 Å². The fourth-order valence-corrected chi connectivity index (χ4v) is 5.18. The minimum atomic E-state index is -0.426. The summed E-state index contributed by atoms with van der Waals surface area (Å²) in [6, 6.07) is 12.6. The number of hydrogen-bond donors (Lipinski definition) is 2. The Bertz CT molecular complexity index is 1320. The average Bonchev–Trinajstić information content (AvgIpc) is 3.47. The van der Waals surface area contributed by atoms with Gasteiger partial charge in [0.15, 0.2) is 5.89 Å². The Morgan fingerprint density at radius 2 is 2.05 bits per heavy atom. The smallest absolute Gasteiger partial charge is 0.254 e. The molecule has 198 valence electrons. The summed E-state index contributed by atoms with van der Waals surface area (Å²) in [7, 11) is 0. The van der Waals surface area contributed by atoms with Gasteiger partial charge < -0.3 is 15.5 Å². The fraction of sp³-hybridized carbons (Fsp3) is 0.276. The van der Waals surface area contributed by atoms with Crippen molar-refractivity contribution < 1.29 is 9.21 Å². The first-order valence-corrected chi connectivity index (χ1v) is 13.3. The molecule has 9 heteroatoms. The van der Waals surface area contributed by atoms with Crippen molar-refractivity contribution in [3.8, 4) is 0 Å². The predicted molar refractivity (Wildman–Crippen MR) is 150 cm³/mol. The molecule has 1 atom stereocenters. The van der Waals surface area contributed by atoms with E-state index in [0.717, 1.165) is 61.3 Å². The van der Waals surface area contributed by atoms with Crippen LogP contribution in [-0.2, 0) is 30.7 Å². The second kappa shape index (κ2) is 13.4. The number of nitrogens with one attached hydrogen (secondary N) is 1. The van der Waals surface area contributed by atoms with Gasteiger partial charge in [0.05, 0.1) is 33.6 Å². The van der Waals surface area contributed by atoms with Crippen LogP contribution in [0.2, 0.25) is 0 Å². The number of aromatic nitrogens is 2. The van der Waals surface area contributed by atoms with Crippen molar-refractivity contribution in [3.63, 3.8) is 0 Å². The van der Waals surface area contributed by atoms with E-state index in [4.69, 9.17) is 38.3 Å². The molecule has 4 rings (SSSR count). The van der Waals surface area contributed by atoms with E-state index < -0.39 is 5.91 Å². The largest absolute Gasteiger partial charge is 0.449 e. The molecule has 3 aromatic rings. The number of carbonyl (C=O) groups excluding carboxylic acids is 1. The molecule has 0 saturated carbocycles. The molecule has 1 amide bonds. The molecule has 38 heavy (non-hydrogen) atoms. The second-order valence-electron chi connectivity index (χ2n) is 9.05. The van der Waals surface area contributed by atoms with E-state index in [-0.39, 0.29) is 21.7 Å². The van der Waals surface area contributed by atoms with Crippen molar-refractivity contribution in [3.05, 3.63) is 118 Å². The monoisotopic (exact) mass is 551 g/mol. The molecular weight excluding hydrogens is 521 g/mol. The van der Waals surface area contributed by atoms with E-state index >= 15 is 0 Å². The van der Waals surface area contributed by atoms with Crippen LogP contribution in [0.15, 0.2) is 94.0 Å². The van der Waals surface area contributed by atoms with Gasteiger partial charge >= 0.3 is 0 Å². The average molecular weight is 553 g/mol. The Labute approximate surface area is 233 Å². The van der Waals surface area contributed by atoms with Crippen LogP contribution in [-0.4, -0.2) is 27.3 Å². The van der Waals surface area contributed by atoms with Gasteiger partial charge in [0.25, 0.3) is 5.91 Å². The number of oxazole rings is 1. The molecule has 2 heterocycles. The summed E-state index contributed by atoms with van der Waals surface area (Å²) >= 11 is 12.2. The highest BCUT2D eigenvalue weighted by molar-refractivity contribution is 6.40. The quantitative estimate of drug-likeness (QED) is 0.240. The number of amides is 1. The van der Waals surface area contributed by atoms with Crippen LogP contribution < -0.4 is 11.1 Å². The molecule has 7 nitrogen and oxygen atoms in total. The van der Waals surface area contributed by atoms with Crippen LogP contribution in [0.3, 0.4) is 0 Å². The molecule has 1 aliphatic carbocycles.